The molecule has 1 aliphatic carbocycles. The van der Waals surface area contributed by atoms with Crippen LogP contribution in [0, 0.1) is 5.41 Å². The zero-order chi connectivity index (χ0) is 12.3. The topological polar surface area (TPSA) is 15.3 Å². The average Bonchev–Trinajstić information content (AvgIpc) is 2.88. The number of hydrogen-bond acceptors (Lipinski definition) is 3. The second kappa shape index (κ2) is 6.15. The van der Waals surface area contributed by atoms with Gasteiger partial charge in [-0.05, 0) is 57.2 Å². The van der Waals surface area contributed by atoms with Gasteiger partial charge in [0.2, 0.25) is 0 Å². The molecule has 0 aromatic carbocycles. The summed E-state index contributed by atoms with van der Waals surface area (Å²) in [5.41, 5.74) is 0.787. The summed E-state index contributed by atoms with van der Waals surface area (Å²) in [4.78, 5) is 2.73. The van der Waals surface area contributed by atoms with Gasteiger partial charge in [-0.15, -0.1) is 0 Å². The molecular weight excluding hydrogens is 240 g/mol. The van der Waals surface area contributed by atoms with Crippen molar-refractivity contribution in [1.29, 1.82) is 0 Å². The van der Waals surface area contributed by atoms with E-state index in [9.17, 15) is 0 Å². The molecule has 1 saturated carbocycles. The van der Waals surface area contributed by atoms with Crippen molar-refractivity contribution in [3.05, 3.63) is 0 Å². The SMILES string of the molecule is C1CCC2(C1)CCN(CCC1CSCCN1)CC2. The van der Waals surface area contributed by atoms with Gasteiger partial charge in [0.15, 0.2) is 0 Å². The van der Waals surface area contributed by atoms with Crippen molar-refractivity contribution < 1.29 is 0 Å². The first kappa shape index (κ1) is 13.3. The molecule has 2 aliphatic heterocycles. The summed E-state index contributed by atoms with van der Waals surface area (Å²) in [6.07, 6.45) is 10.4. The number of likely N-dealkylation sites (tertiary alicyclic amines) is 1. The largest absolute Gasteiger partial charge is 0.312 e. The molecule has 0 amide bonds. The van der Waals surface area contributed by atoms with Gasteiger partial charge in [-0.1, -0.05) is 12.8 Å². The summed E-state index contributed by atoms with van der Waals surface area (Å²) in [6.45, 7) is 5.30. The Bertz CT molecular complexity index is 247. The third kappa shape index (κ3) is 3.23. The van der Waals surface area contributed by atoms with Crippen molar-refractivity contribution in [3.8, 4) is 0 Å². The fourth-order valence-electron chi connectivity index (χ4n) is 4.02. The molecule has 0 radical (unpaired) electrons. The van der Waals surface area contributed by atoms with Crippen molar-refractivity contribution >= 4 is 11.8 Å². The molecule has 0 bridgehead atoms. The third-order valence-corrected chi connectivity index (χ3v) is 6.50. The molecule has 2 saturated heterocycles. The van der Waals surface area contributed by atoms with Crippen LogP contribution in [0.25, 0.3) is 0 Å². The summed E-state index contributed by atoms with van der Waals surface area (Å²) in [5.74, 6) is 2.64. The van der Waals surface area contributed by atoms with Gasteiger partial charge in [0.25, 0.3) is 0 Å². The van der Waals surface area contributed by atoms with E-state index in [1.54, 1.807) is 0 Å². The summed E-state index contributed by atoms with van der Waals surface area (Å²) < 4.78 is 0. The predicted octanol–water partition coefficient (Wildman–Crippen LogP) is 2.74. The lowest BCUT2D eigenvalue weighted by atomic mass is 9.77. The Morgan fingerprint density at radius 1 is 1.11 bits per heavy atom. The van der Waals surface area contributed by atoms with Gasteiger partial charge in [-0.2, -0.15) is 11.8 Å². The standard InChI is InChI=1S/C15H28N2S/c1-2-5-15(4-1)6-10-17(11-7-15)9-3-14-13-18-12-8-16-14/h14,16H,1-13H2. The van der Waals surface area contributed by atoms with E-state index >= 15 is 0 Å². The van der Waals surface area contributed by atoms with Gasteiger partial charge >= 0.3 is 0 Å². The number of rotatable bonds is 3. The van der Waals surface area contributed by atoms with E-state index in [4.69, 9.17) is 0 Å². The van der Waals surface area contributed by atoms with E-state index < -0.39 is 0 Å². The molecule has 3 aliphatic rings. The molecule has 0 aromatic heterocycles. The molecule has 0 aromatic rings. The number of thioether (sulfide) groups is 1. The number of piperidine rings is 1. The molecule has 18 heavy (non-hydrogen) atoms. The minimum absolute atomic E-state index is 0.783. The molecule has 2 nitrogen and oxygen atoms in total. The first-order chi connectivity index (χ1) is 8.86. The van der Waals surface area contributed by atoms with Crippen LogP contribution in [-0.2, 0) is 0 Å². The van der Waals surface area contributed by atoms with Crippen LogP contribution in [0.4, 0.5) is 0 Å². The van der Waals surface area contributed by atoms with E-state index in [0.29, 0.717) is 0 Å². The van der Waals surface area contributed by atoms with Crippen molar-refractivity contribution in [2.45, 2.75) is 51.0 Å². The molecule has 1 atom stereocenters. The number of nitrogens with one attached hydrogen (secondary N) is 1. The van der Waals surface area contributed by atoms with Gasteiger partial charge < -0.3 is 10.2 Å². The Hall–Kier alpha value is 0.270. The van der Waals surface area contributed by atoms with Crippen LogP contribution < -0.4 is 5.32 Å². The molecule has 2 heterocycles. The molecule has 1 N–H and O–H groups in total. The summed E-state index contributed by atoms with van der Waals surface area (Å²) in [5, 5.41) is 3.66. The smallest absolute Gasteiger partial charge is 0.0170 e. The maximum absolute atomic E-state index is 3.66. The second-order valence-corrected chi connectivity index (χ2v) is 7.71. The lowest BCUT2D eigenvalue weighted by Gasteiger charge is -2.40. The Kier molecular flexibility index (Phi) is 4.53. The molecule has 1 spiro atoms. The predicted molar refractivity (Wildman–Crippen MR) is 80.3 cm³/mol. The highest BCUT2D eigenvalue weighted by molar-refractivity contribution is 7.99. The molecular formula is C15H28N2S. The maximum Gasteiger partial charge on any atom is 0.0170 e. The van der Waals surface area contributed by atoms with Crippen LogP contribution in [0.1, 0.15) is 44.9 Å². The number of nitrogens with zero attached hydrogens (tertiary/aromatic N) is 1. The van der Waals surface area contributed by atoms with Crippen LogP contribution in [0.3, 0.4) is 0 Å². The van der Waals surface area contributed by atoms with E-state index in [1.165, 1.54) is 82.6 Å². The van der Waals surface area contributed by atoms with Crippen LogP contribution in [0.15, 0.2) is 0 Å². The lowest BCUT2D eigenvalue weighted by Crippen LogP contribution is -2.43. The van der Waals surface area contributed by atoms with Gasteiger partial charge in [0.1, 0.15) is 0 Å². The van der Waals surface area contributed by atoms with E-state index in [-0.39, 0.29) is 0 Å². The van der Waals surface area contributed by atoms with E-state index in [1.807, 2.05) is 0 Å². The van der Waals surface area contributed by atoms with E-state index in [2.05, 4.69) is 22.0 Å². The van der Waals surface area contributed by atoms with Crippen molar-refractivity contribution in [2.24, 2.45) is 5.41 Å². The molecule has 104 valence electrons. The van der Waals surface area contributed by atoms with Crippen LogP contribution in [0.2, 0.25) is 0 Å². The van der Waals surface area contributed by atoms with Crippen molar-refractivity contribution in [2.75, 3.05) is 37.7 Å². The van der Waals surface area contributed by atoms with Crippen molar-refractivity contribution in [3.63, 3.8) is 0 Å². The van der Waals surface area contributed by atoms with Gasteiger partial charge in [0.05, 0.1) is 0 Å². The van der Waals surface area contributed by atoms with Gasteiger partial charge in [-0.25, -0.2) is 0 Å². The minimum atomic E-state index is 0.783. The summed E-state index contributed by atoms with van der Waals surface area (Å²) in [7, 11) is 0. The highest BCUT2D eigenvalue weighted by Crippen LogP contribution is 2.46. The minimum Gasteiger partial charge on any atom is -0.312 e. The molecule has 3 heteroatoms. The fourth-order valence-corrected chi connectivity index (χ4v) is 5.02. The molecule has 1 unspecified atom stereocenters. The fraction of sp³-hybridized carbons (Fsp3) is 1.00. The maximum atomic E-state index is 3.66. The zero-order valence-corrected chi connectivity index (χ0v) is 12.4. The summed E-state index contributed by atoms with van der Waals surface area (Å²) >= 11 is 2.12. The van der Waals surface area contributed by atoms with Gasteiger partial charge in [0, 0.05) is 24.1 Å². The Morgan fingerprint density at radius 3 is 2.56 bits per heavy atom. The first-order valence-corrected chi connectivity index (χ1v) is 9.05. The van der Waals surface area contributed by atoms with Crippen LogP contribution >= 0.6 is 11.8 Å². The molecule has 3 fully saturated rings. The average molecular weight is 268 g/mol. The normalized spacial score (nSPS) is 33.0. The monoisotopic (exact) mass is 268 g/mol. The third-order valence-electron chi connectivity index (χ3n) is 5.37. The number of hydrogen-bond donors (Lipinski definition) is 1. The highest BCUT2D eigenvalue weighted by Gasteiger charge is 2.36. The van der Waals surface area contributed by atoms with Crippen molar-refractivity contribution in [1.82, 2.24) is 10.2 Å². The quantitative estimate of drug-likeness (QED) is 0.847. The van der Waals surface area contributed by atoms with E-state index in [0.717, 1.165) is 11.5 Å². The Balaban J connectivity index is 1.37. The van der Waals surface area contributed by atoms with Gasteiger partial charge in [-0.3, -0.25) is 0 Å². The Labute approximate surface area is 116 Å². The zero-order valence-electron chi connectivity index (χ0n) is 11.6. The first-order valence-electron chi connectivity index (χ1n) is 7.90. The van der Waals surface area contributed by atoms with Crippen LogP contribution in [0.5, 0.6) is 0 Å². The lowest BCUT2D eigenvalue weighted by molar-refractivity contribution is 0.106. The highest BCUT2D eigenvalue weighted by atomic mass is 32.2. The summed E-state index contributed by atoms with van der Waals surface area (Å²) in [6, 6.07) is 0.783. The second-order valence-electron chi connectivity index (χ2n) is 6.56. The molecule has 3 rings (SSSR count). The van der Waals surface area contributed by atoms with Crippen LogP contribution in [-0.4, -0.2) is 48.6 Å². The Morgan fingerprint density at radius 2 is 1.89 bits per heavy atom.